The highest BCUT2D eigenvalue weighted by Crippen LogP contribution is 2.04. The van der Waals surface area contributed by atoms with Gasteiger partial charge in [0.15, 0.2) is 0 Å². The van der Waals surface area contributed by atoms with Gasteiger partial charge in [-0.05, 0) is 12.8 Å². The minimum atomic E-state index is 0.280. The summed E-state index contributed by atoms with van der Waals surface area (Å²) in [7, 11) is 0. The highest BCUT2D eigenvalue weighted by atomic mass is 16.2. The van der Waals surface area contributed by atoms with E-state index in [0.29, 0.717) is 19.5 Å². The van der Waals surface area contributed by atoms with E-state index in [1.807, 2.05) is 4.90 Å². The Kier molecular flexibility index (Phi) is 9.59. The van der Waals surface area contributed by atoms with Gasteiger partial charge in [0.05, 0.1) is 0 Å². The maximum Gasteiger partial charge on any atom is 0.222 e. The van der Waals surface area contributed by atoms with E-state index in [9.17, 15) is 4.79 Å². The van der Waals surface area contributed by atoms with Crippen LogP contribution >= 0.6 is 0 Å². The van der Waals surface area contributed by atoms with Gasteiger partial charge in [-0.15, -0.1) is 0 Å². The van der Waals surface area contributed by atoms with Crippen LogP contribution in [-0.4, -0.2) is 30.4 Å². The zero-order chi connectivity index (χ0) is 11.5. The van der Waals surface area contributed by atoms with Crippen molar-refractivity contribution in [1.29, 1.82) is 0 Å². The van der Waals surface area contributed by atoms with Crippen LogP contribution < -0.4 is 5.73 Å². The molecule has 0 aromatic carbocycles. The Morgan fingerprint density at radius 1 is 1.07 bits per heavy atom. The predicted molar refractivity (Wildman–Crippen MR) is 64.7 cm³/mol. The summed E-state index contributed by atoms with van der Waals surface area (Å²) >= 11 is 0. The van der Waals surface area contributed by atoms with E-state index in [-0.39, 0.29) is 5.91 Å². The van der Waals surface area contributed by atoms with E-state index in [0.717, 1.165) is 32.2 Å². The molecule has 0 aliphatic rings. The van der Waals surface area contributed by atoms with Crippen LogP contribution in [0.4, 0.5) is 0 Å². The van der Waals surface area contributed by atoms with Crippen LogP contribution in [0.3, 0.4) is 0 Å². The van der Waals surface area contributed by atoms with Crippen molar-refractivity contribution in [2.45, 2.75) is 52.4 Å². The fraction of sp³-hybridized carbons (Fsp3) is 0.917. The quantitative estimate of drug-likeness (QED) is 0.598. The molecule has 0 saturated heterocycles. The zero-order valence-electron chi connectivity index (χ0n) is 10.3. The lowest BCUT2D eigenvalue weighted by Crippen LogP contribution is -2.35. The Morgan fingerprint density at radius 2 is 1.73 bits per heavy atom. The summed E-state index contributed by atoms with van der Waals surface area (Å²) in [6, 6.07) is 0. The van der Waals surface area contributed by atoms with Gasteiger partial charge in [0.25, 0.3) is 0 Å². The third kappa shape index (κ3) is 7.37. The molecule has 0 spiro atoms. The molecule has 0 fully saturated rings. The number of carbonyl (C=O) groups excluding carboxylic acids is 1. The third-order valence-electron chi connectivity index (χ3n) is 2.53. The Balaban J connectivity index is 3.81. The molecular weight excluding hydrogens is 188 g/mol. The molecule has 0 heterocycles. The zero-order valence-corrected chi connectivity index (χ0v) is 10.3. The predicted octanol–water partition coefficient (Wildman–Crippen LogP) is 2.15. The van der Waals surface area contributed by atoms with Crippen LogP contribution in [0.1, 0.15) is 52.4 Å². The molecule has 3 heteroatoms. The molecule has 0 saturated carbocycles. The van der Waals surface area contributed by atoms with Crippen molar-refractivity contribution in [2.24, 2.45) is 5.73 Å². The van der Waals surface area contributed by atoms with Crippen molar-refractivity contribution in [3.05, 3.63) is 0 Å². The topological polar surface area (TPSA) is 46.3 Å². The van der Waals surface area contributed by atoms with E-state index >= 15 is 0 Å². The second kappa shape index (κ2) is 9.97. The number of unbranched alkanes of at least 4 members (excludes halogenated alkanes) is 3. The Bertz CT molecular complexity index is 160. The van der Waals surface area contributed by atoms with Gasteiger partial charge in [0.1, 0.15) is 0 Å². The molecule has 15 heavy (non-hydrogen) atoms. The van der Waals surface area contributed by atoms with Crippen molar-refractivity contribution in [3.8, 4) is 0 Å². The molecule has 0 aliphatic carbocycles. The van der Waals surface area contributed by atoms with Crippen LogP contribution in [0.2, 0.25) is 0 Å². The molecule has 0 radical (unpaired) electrons. The molecule has 0 bridgehead atoms. The summed E-state index contributed by atoms with van der Waals surface area (Å²) in [4.78, 5) is 13.7. The molecule has 0 unspecified atom stereocenters. The lowest BCUT2D eigenvalue weighted by molar-refractivity contribution is -0.131. The SMILES string of the molecule is CCCCCC(=O)N(CCN)CCCC. The van der Waals surface area contributed by atoms with Crippen molar-refractivity contribution in [3.63, 3.8) is 0 Å². The van der Waals surface area contributed by atoms with Gasteiger partial charge in [0.2, 0.25) is 5.91 Å². The van der Waals surface area contributed by atoms with Crippen molar-refractivity contribution in [2.75, 3.05) is 19.6 Å². The number of nitrogens with zero attached hydrogens (tertiary/aromatic N) is 1. The van der Waals surface area contributed by atoms with Crippen LogP contribution in [-0.2, 0) is 4.79 Å². The summed E-state index contributed by atoms with van der Waals surface area (Å²) in [5.41, 5.74) is 5.50. The fourth-order valence-electron chi connectivity index (χ4n) is 1.55. The van der Waals surface area contributed by atoms with Crippen LogP contribution in [0.25, 0.3) is 0 Å². The first kappa shape index (κ1) is 14.4. The van der Waals surface area contributed by atoms with Gasteiger partial charge < -0.3 is 10.6 Å². The first-order chi connectivity index (χ1) is 7.26. The van der Waals surface area contributed by atoms with E-state index in [1.165, 1.54) is 6.42 Å². The first-order valence-electron chi connectivity index (χ1n) is 6.24. The molecule has 90 valence electrons. The van der Waals surface area contributed by atoms with E-state index < -0.39 is 0 Å². The molecule has 2 N–H and O–H groups in total. The molecular formula is C12H26N2O. The third-order valence-corrected chi connectivity index (χ3v) is 2.53. The van der Waals surface area contributed by atoms with E-state index in [1.54, 1.807) is 0 Å². The number of hydrogen-bond acceptors (Lipinski definition) is 2. The maximum atomic E-state index is 11.8. The number of nitrogens with two attached hydrogens (primary N) is 1. The Labute approximate surface area is 94.0 Å². The highest BCUT2D eigenvalue weighted by Gasteiger charge is 2.10. The molecule has 1 amide bonds. The van der Waals surface area contributed by atoms with Gasteiger partial charge in [-0.1, -0.05) is 33.1 Å². The number of carbonyl (C=O) groups is 1. The summed E-state index contributed by atoms with van der Waals surface area (Å²) in [6.07, 6.45) is 6.23. The highest BCUT2D eigenvalue weighted by molar-refractivity contribution is 5.76. The van der Waals surface area contributed by atoms with Gasteiger partial charge in [-0.2, -0.15) is 0 Å². The molecule has 0 aliphatic heterocycles. The van der Waals surface area contributed by atoms with Crippen molar-refractivity contribution in [1.82, 2.24) is 4.90 Å². The maximum absolute atomic E-state index is 11.8. The number of hydrogen-bond donors (Lipinski definition) is 1. The molecule has 3 nitrogen and oxygen atoms in total. The standard InChI is InChI=1S/C12H26N2O/c1-3-5-7-8-12(15)14(11-9-13)10-6-4-2/h3-11,13H2,1-2H3. The van der Waals surface area contributed by atoms with E-state index in [4.69, 9.17) is 5.73 Å². The van der Waals surface area contributed by atoms with Gasteiger partial charge in [-0.3, -0.25) is 4.79 Å². The average Bonchev–Trinajstić information content (AvgIpc) is 2.24. The number of rotatable bonds is 9. The summed E-state index contributed by atoms with van der Waals surface area (Å²) < 4.78 is 0. The van der Waals surface area contributed by atoms with Gasteiger partial charge in [0, 0.05) is 26.1 Å². The van der Waals surface area contributed by atoms with Crippen LogP contribution in [0.15, 0.2) is 0 Å². The van der Waals surface area contributed by atoms with Crippen LogP contribution in [0, 0.1) is 0 Å². The van der Waals surface area contributed by atoms with Gasteiger partial charge in [-0.25, -0.2) is 0 Å². The first-order valence-corrected chi connectivity index (χ1v) is 6.24. The Morgan fingerprint density at radius 3 is 2.27 bits per heavy atom. The van der Waals surface area contributed by atoms with Crippen molar-refractivity contribution >= 4 is 5.91 Å². The van der Waals surface area contributed by atoms with Crippen LogP contribution in [0.5, 0.6) is 0 Å². The second-order valence-electron chi connectivity index (χ2n) is 3.98. The molecule has 0 aromatic rings. The summed E-state index contributed by atoms with van der Waals surface area (Å²) in [6.45, 7) is 6.45. The van der Waals surface area contributed by atoms with Crippen molar-refractivity contribution < 1.29 is 4.79 Å². The fourth-order valence-corrected chi connectivity index (χ4v) is 1.55. The van der Waals surface area contributed by atoms with E-state index in [2.05, 4.69) is 13.8 Å². The summed E-state index contributed by atoms with van der Waals surface area (Å²) in [5.74, 6) is 0.280. The minimum Gasteiger partial charge on any atom is -0.341 e. The van der Waals surface area contributed by atoms with Gasteiger partial charge >= 0.3 is 0 Å². The Hall–Kier alpha value is -0.570. The number of amides is 1. The lowest BCUT2D eigenvalue weighted by atomic mass is 10.2. The monoisotopic (exact) mass is 214 g/mol. The largest absolute Gasteiger partial charge is 0.341 e. The lowest BCUT2D eigenvalue weighted by Gasteiger charge is -2.21. The molecule has 0 atom stereocenters. The normalized spacial score (nSPS) is 10.3. The smallest absolute Gasteiger partial charge is 0.222 e. The average molecular weight is 214 g/mol. The molecule has 0 aromatic heterocycles. The summed E-state index contributed by atoms with van der Waals surface area (Å²) in [5, 5.41) is 0. The minimum absolute atomic E-state index is 0.280. The second-order valence-corrected chi connectivity index (χ2v) is 3.98. The molecule has 0 rings (SSSR count).